The standard InChI is InChI=1S/C6H10O.C4H6O4/c1-2-5-3-6(7)4-5;1-3(5)7-8-4(2)6/h5H,2-4H2,1H3;1-2H3. The van der Waals surface area contributed by atoms with Crippen molar-refractivity contribution in [2.75, 3.05) is 0 Å². The first-order chi connectivity index (χ1) is 6.95. The van der Waals surface area contributed by atoms with Gasteiger partial charge in [0.05, 0.1) is 0 Å². The largest absolute Gasteiger partial charge is 0.352 e. The van der Waals surface area contributed by atoms with Gasteiger partial charge in [-0.2, -0.15) is 0 Å². The van der Waals surface area contributed by atoms with Crippen LogP contribution in [0.4, 0.5) is 0 Å². The Balaban J connectivity index is 0.000000262. The van der Waals surface area contributed by atoms with Gasteiger partial charge in [0.2, 0.25) is 0 Å². The zero-order chi connectivity index (χ0) is 11.8. The molecule has 0 spiro atoms. The second-order valence-electron chi connectivity index (χ2n) is 3.37. The molecule has 0 unspecified atom stereocenters. The van der Waals surface area contributed by atoms with Crippen molar-refractivity contribution >= 4 is 17.7 Å². The Kier molecular flexibility index (Phi) is 6.33. The molecule has 0 heterocycles. The third-order valence-corrected chi connectivity index (χ3v) is 1.89. The van der Waals surface area contributed by atoms with Crippen molar-refractivity contribution in [3.63, 3.8) is 0 Å². The molecule has 5 nitrogen and oxygen atoms in total. The molecule has 0 aliphatic heterocycles. The van der Waals surface area contributed by atoms with Crippen molar-refractivity contribution in [3.8, 4) is 0 Å². The minimum Gasteiger partial charge on any atom is -0.300 e. The Bertz CT molecular complexity index is 224. The number of carbonyl (C=O) groups excluding carboxylic acids is 3. The summed E-state index contributed by atoms with van der Waals surface area (Å²) in [6.45, 7) is 4.42. The van der Waals surface area contributed by atoms with Gasteiger partial charge in [-0.3, -0.25) is 4.79 Å². The van der Waals surface area contributed by atoms with Crippen LogP contribution in [0.3, 0.4) is 0 Å². The van der Waals surface area contributed by atoms with Crippen molar-refractivity contribution in [1.29, 1.82) is 0 Å². The van der Waals surface area contributed by atoms with Gasteiger partial charge in [0.1, 0.15) is 5.78 Å². The van der Waals surface area contributed by atoms with Gasteiger partial charge in [-0.1, -0.05) is 13.3 Å². The Hall–Kier alpha value is -1.39. The van der Waals surface area contributed by atoms with E-state index in [2.05, 4.69) is 16.7 Å². The summed E-state index contributed by atoms with van der Waals surface area (Å²) < 4.78 is 0. The van der Waals surface area contributed by atoms with E-state index in [-0.39, 0.29) is 0 Å². The van der Waals surface area contributed by atoms with Crippen molar-refractivity contribution in [2.45, 2.75) is 40.0 Å². The zero-order valence-electron chi connectivity index (χ0n) is 9.24. The molecular formula is C10H16O5. The summed E-state index contributed by atoms with van der Waals surface area (Å²) in [5.41, 5.74) is 0. The van der Waals surface area contributed by atoms with E-state index in [1.54, 1.807) is 0 Å². The van der Waals surface area contributed by atoms with Crippen LogP contribution >= 0.6 is 0 Å². The number of hydrogen-bond acceptors (Lipinski definition) is 5. The molecule has 1 saturated carbocycles. The zero-order valence-corrected chi connectivity index (χ0v) is 9.24. The first-order valence-electron chi connectivity index (χ1n) is 4.83. The van der Waals surface area contributed by atoms with E-state index in [1.165, 1.54) is 6.42 Å². The molecule has 0 atom stereocenters. The highest BCUT2D eigenvalue weighted by Crippen LogP contribution is 2.24. The van der Waals surface area contributed by atoms with Gasteiger partial charge in [0, 0.05) is 26.7 Å². The van der Waals surface area contributed by atoms with E-state index < -0.39 is 11.9 Å². The van der Waals surface area contributed by atoms with Gasteiger partial charge < -0.3 is 0 Å². The van der Waals surface area contributed by atoms with E-state index >= 15 is 0 Å². The maximum absolute atomic E-state index is 10.3. The summed E-state index contributed by atoms with van der Waals surface area (Å²) in [6.07, 6.45) is 2.90. The highest BCUT2D eigenvalue weighted by Gasteiger charge is 2.23. The number of Topliss-reactive ketones (excluding diaryl/α,β-unsaturated/α-hetero) is 1. The number of carbonyl (C=O) groups is 3. The summed E-state index contributed by atoms with van der Waals surface area (Å²) >= 11 is 0. The Morgan fingerprint density at radius 1 is 1.20 bits per heavy atom. The van der Waals surface area contributed by atoms with E-state index in [1.807, 2.05) is 0 Å². The van der Waals surface area contributed by atoms with Crippen molar-refractivity contribution < 1.29 is 24.2 Å². The average Bonchev–Trinajstić information content (AvgIpc) is 2.10. The van der Waals surface area contributed by atoms with E-state index in [9.17, 15) is 14.4 Å². The molecule has 1 rings (SSSR count). The molecule has 0 bridgehead atoms. The molecule has 0 aromatic heterocycles. The molecule has 15 heavy (non-hydrogen) atoms. The second-order valence-corrected chi connectivity index (χ2v) is 3.37. The lowest BCUT2D eigenvalue weighted by Crippen LogP contribution is -2.21. The predicted octanol–water partition coefficient (Wildman–Crippen LogP) is 1.40. The Labute approximate surface area is 88.7 Å². The smallest absolute Gasteiger partial charge is 0.300 e. The monoisotopic (exact) mass is 216 g/mol. The molecule has 0 aromatic rings. The molecule has 1 aliphatic rings. The SMILES string of the molecule is CC(=O)OOC(C)=O.CCC1CC(=O)C1. The third kappa shape index (κ3) is 7.66. The molecular weight excluding hydrogens is 200 g/mol. The number of hydrogen-bond donors (Lipinski definition) is 0. The fourth-order valence-electron chi connectivity index (χ4n) is 0.990. The molecule has 0 N–H and O–H groups in total. The topological polar surface area (TPSA) is 69.7 Å². The lowest BCUT2D eigenvalue weighted by molar-refractivity contribution is -0.255. The van der Waals surface area contributed by atoms with Gasteiger partial charge >= 0.3 is 11.9 Å². The number of ketones is 1. The van der Waals surface area contributed by atoms with Gasteiger partial charge in [-0.05, 0) is 5.92 Å². The van der Waals surface area contributed by atoms with Gasteiger partial charge in [-0.25, -0.2) is 19.4 Å². The van der Waals surface area contributed by atoms with Crippen molar-refractivity contribution in [3.05, 3.63) is 0 Å². The maximum Gasteiger partial charge on any atom is 0.352 e. The lowest BCUT2D eigenvalue weighted by Gasteiger charge is -2.21. The molecule has 86 valence electrons. The molecule has 0 aromatic carbocycles. The summed E-state index contributed by atoms with van der Waals surface area (Å²) in [5, 5.41) is 0. The summed E-state index contributed by atoms with van der Waals surface area (Å²) in [4.78, 5) is 37.6. The normalized spacial score (nSPS) is 14.5. The average molecular weight is 216 g/mol. The third-order valence-electron chi connectivity index (χ3n) is 1.89. The molecule has 5 heteroatoms. The number of rotatable bonds is 1. The molecule has 1 aliphatic carbocycles. The minimum absolute atomic E-state index is 0.451. The second kappa shape index (κ2) is 6.98. The predicted molar refractivity (Wildman–Crippen MR) is 51.6 cm³/mol. The molecule has 0 saturated heterocycles. The summed E-state index contributed by atoms with van der Waals surface area (Å²) in [5.74, 6) is -0.0836. The van der Waals surface area contributed by atoms with E-state index in [0.717, 1.165) is 32.6 Å². The van der Waals surface area contributed by atoms with Gasteiger partial charge in [0.25, 0.3) is 0 Å². The van der Waals surface area contributed by atoms with Crippen LogP contribution < -0.4 is 0 Å². The molecule has 1 fully saturated rings. The van der Waals surface area contributed by atoms with Crippen LogP contribution in [0.15, 0.2) is 0 Å². The Morgan fingerprint density at radius 2 is 1.60 bits per heavy atom. The Morgan fingerprint density at radius 3 is 1.73 bits per heavy atom. The van der Waals surface area contributed by atoms with Gasteiger partial charge in [0.15, 0.2) is 0 Å². The van der Waals surface area contributed by atoms with Crippen LogP contribution in [0.25, 0.3) is 0 Å². The van der Waals surface area contributed by atoms with Crippen LogP contribution in [0.1, 0.15) is 40.0 Å². The first-order valence-corrected chi connectivity index (χ1v) is 4.83. The lowest BCUT2D eigenvalue weighted by atomic mass is 9.82. The first kappa shape index (κ1) is 13.6. The quantitative estimate of drug-likeness (QED) is 0.489. The van der Waals surface area contributed by atoms with Crippen LogP contribution in [0.5, 0.6) is 0 Å². The van der Waals surface area contributed by atoms with E-state index in [0.29, 0.717) is 5.78 Å². The molecule has 0 radical (unpaired) electrons. The van der Waals surface area contributed by atoms with E-state index in [4.69, 9.17) is 0 Å². The van der Waals surface area contributed by atoms with Crippen LogP contribution in [0, 0.1) is 5.92 Å². The fraction of sp³-hybridized carbons (Fsp3) is 0.700. The van der Waals surface area contributed by atoms with Crippen LogP contribution in [0.2, 0.25) is 0 Å². The van der Waals surface area contributed by atoms with Crippen LogP contribution in [-0.2, 0) is 24.2 Å². The fourth-order valence-corrected chi connectivity index (χ4v) is 0.990. The highest BCUT2D eigenvalue weighted by molar-refractivity contribution is 5.84. The van der Waals surface area contributed by atoms with Crippen LogP contribution in [-0.4, -0.2) is 17.7 Å². The maximum atomic E-state index is 10.3. The van der Waals surface area contributed by atoms with Crippen molar-refractivity contribution in [2.24, 2.45) is 5.92 Å². The van der Waals surface area contributed by atoms with Gasteiger partial charge in [-0.15, -0.1) is 0 Å². The summed E-state index contributed by atoms with van der Waals surface area (Å²) in [6, 6.07) is 0. The highest BCUT2D eigenvalue weighted by atomic mass is 17.2. The minimum atomic E-state index is -0.639. The summed E-state index contributed by atoms with van der Waals surface area (Å²) in [7, 11) is 0. The molecule has 0 amide bonds. The van der Waals surface area contributed by atoms with Crippen molar-refractivity contribution in [1.82, 2.24) is 0 Å².